The Morgan fingerprint density at radius 3 is 2.81 bits per heavy atom. The van der Waals surface area contributed by atoms with Crippen molar-refractivity contribution in [2.24, 2.45) is 5.92 Å². The first-order valence-electron chi connectivity index (χ1n) is 5.03. The highest BCUT2D eigenvalue weighted by Gasteiger charge is 2.37. The van der Waals surface area contributed by atoms with Crippen LogP contribution in [0.2, 0.25) is 0 Å². The monoisotopic (exact) mass is 224 g/mol. The fourth-order valence-corrected chi connectivity index (χ4v) is 1.49. The molecular formula is C9H12N4O3. The number of hydrogen-bond acceptors (Lipinski definition) is 4. The number of amides is 1. The summed E-state index contributed by atoms with van der Waals surface area (Å²) < 4.78 is 1.35. The van der Waals surface area contributed by atoms with Crippen molar-refractivity contribution in [3.05, 3.63) is 12.4 Å². The molecule has 1 fully saturated rings. The average Bonchev–Trinajstić information content (AvgIpc) is 2.94. The molecule has 16 heavy (non-hydrogen) atoms. The molecule has 86 valence electrons. The molecule has 1 amide bonds. The first kappa shape index (κ1) is 10.6. The molecule has 0 bridgehead atoms. The van der Waals surface area contributed by atoms with Crippen molar-refractivity contribution in [3.8, 4) is 0 Å². The molecule has 1 aliphatic carbocycles. The Morgan fingerprint density at radius 1 is 1.56 bits per heavy atom. The number of aromatic nitrogens is 3. The standard InChI is InChI=1S/C9H12N4O3/c14-7(5-13-4-3-10-12-13)11-8(9(15)16)6-1-2-6/h3-4,6,8H,1-2,5H2,(H,11,14)(H,15,16). The number of carbonyl (C=O) groups is 2. The predicted molar refractivity (Wildman–Crippen MR) is 52.3 cm³/mol. The van der Waals surface area contributed by atoms with Gasteiger partial charge in [-0.25, -0.2) is 9.48 Å². The van der Waals surface area contributed by atoms with Gasteiger partial charge in [-0.05, 0) is 18.8 Å². The third kappa shape index (κ3) is 2.56. The van der Waals surface area contributed by atoms with Crippen molar-refractivity contribution in [1.82, 2.24) is 20.3 Å². The summed E-state index contributed by atoms with van der Waals surface area (Å²) in [6.45, 7) is -0.00347. The molecule has 0 saturated heterocycles. The summed E-state index contributed by atoms with van der Waals surface area (Å²) in [5, 5.41) is 18.6. The minimum absolute atomic E-state index is 0.00347. The second-order valence-electron chi connectivity index (χ2n) is 3.82. The topological polar surface area (TPSA) is 97.1 Å². The second kappa shape index (κ2) is 4.30. The van der Waals surface area contributed by atoms with Gasteiger partial charge < -0.3 is 10.4 Å². The second-order valence-corrected chi connectivity index (χ2v) is 3.82. The highest BCUT2D eigenvalue weighted by molar-refractivity contribution is 5.83. The Bertz CT molecular complexity index is 385. The van der Waals surface area contributed by atoms with Crippen molar-refractivity contribution in [2.45, 2.75) is 25.4 Å². The van der Waals surface area contributed by atoms with E-state index in [9.17, 15) is 9.59 Å². The molecule has 1 saturated carbocycles. The van der Waals surface area contributed by atoms with Gasteiger partial charge in [-0.3, -0.25) is 4.79 Å². The number of rotatable bonds is 5. The van der Waals surface area contributed by atoms with E-state index < -0.39 is 12.0 Å². The summed E-state index contributed by atoms with van der Waals surface area (Å²) >= 11 is 0. The van der Waals surface area contributed by atoms with Crippen LogP contribution in [0.3, 0.4) is 0 Å². The molecule has 7 nitrogen and oxygen atoms in total. The Kier molecular flexibility index (Phi) is 2.84. The van der Waals surface area contributed by atoms with Crippen LogP contribution in [0.25, 0.3) is 0 Å². The fraction of sp³-hybridized carbons (Fsp3) is 0.556. The van der Waals surface area contributed by atoms with Gasteiger partial charge in [0.15, 0.2) is 0 Å². The number of nitrogens with zero attached hydrogens (tertiary/aromatic N) is 3. The van der Waals surface area contributed by atoms with Crippen LogP contribution in [-0.2, 0) is 16.1 Å². The molecule has 2 N–H and O–H groups in total. The van der Waals surface area contributed by atoms with E-state index >= 15 is 0 Å². The third-order valence-corrected chi connectivity index (χ3v) is 2.45. The van der Waals surface area contributed by atoms with Crippen LogP contribution in [0.15, 0.2) is 12.4 Å². The number of nitrogens with one attached hydrogen (secondary N) is 1. The van der Waals surface area contributed by atoms with Crippen LogP contribution < -0.4 is 5.32 Å². The average molecular weight is 224 g/mol. The van der Waals surface area contributed by atoms with Gasteiger partial charge in [0.25, 0.3) is 0 Å². The van der Waals surface area contributed by atoms with E-state index in [4.69, 9.17) is 5.11 Å². The van der Waals surface area contributed by atoms with E-state index in [1.165, 1.54) is 10.9 Å². The summed E-state index contributed by atoms with van der Waals surface area (Å²) in [6, 6.07) is -0.768. The molecule has 1 aromatic rings. The van der Waals surface area contributed by atoms with E-state index in [1.807, 2.05) is 0 Å². The first-order valence-corrected chi connectivity index (χ1v) is 5.03. The molecule has 0 spiro atoms. The first-order chi connectivity index (χ1) is 7.66. The lowest BCUT2D eigenvalue weighted by atomic mass is 10.2. The third-order valence-electron chi connectivity index (χ3n) is 2.45. The Hall–Kier alpha value is -1.92. The molecule has 2 rings (SSSR count). The van der Waals surface area contributed by atoms with E-state index in [2.05, 4.69) is 15.6 Å². The lowest BCUT2D eigenvalue weighted by Gasteiger charge is -2.13. The summed E-state index contributed by atoms with van der Waals surface area (Å²) in [7, 11) is 0. The quantitative estimate of drug-likeness (QED) is 0.686. The zero-order valence-electron chi connectivity index (χ0n) is 8.54. The predicted octanol–water partition coefficient (Wildman–Crippen LogP) is -0.743. The lowest BCUT2D eigenvalue weighted by molar-refractivity contribution is -0.142. The van der Waals surface area contributed by atoms with Gasteiger partial charge in [0.05, 0.1) is 6.20 Å². The number of carboxylic acids is 1. The van der Waals surface area contributed by atoms with E-state index in [-0.39, 0.29) is 18.4 Å². The Morgan fingerprint density at radius 2 is 2.31 bits per heavy atom. The largest absolute Gasteiger partial charge is 0.480 e. The maximum absolute atomic E-state index is 11.5. The van der Waals surface area contributed by atoms with Crippen molar-refractivity contribution in [1.29, 1.82) is 0 Å². The van der Waals surface area contributed by atoms with Gasteiger partial charge in [0.2, 0.25) is 5.91 Å². The molecule has 0 radical (unpaired) electrons. The smallest absolute Gasteiger partial charge is 0.326 e. The van der Waals surface area contributed by atoms with Gasteiger partial charge >= 0.3 is 5.97 Å². The van der Waals surface area contributed by atoms with Crippen LogP contribution in [0.5, 0.6) is 0 Å². The minimum atomic E-state index is -0.977. The SMILES string of the molecule is O=C(Cn1ccnn1)NC(C(=O)O)C1CC1. The number of carboxylic acid groups (broad SMARTS) is 1. The van der Waals surface area contributed by atoms with Crippen molar-refractivity contribution in [3.63, 3.8) is 0 Å². The molecule has 1 aliphatic rings. The maximum atomic E-state index is 11.5. The molecule has 0 aliphatic heterocycles. The van der Waals surface area contributed by atoms with E-state index in [0.717, 1.165) is 12.8 Å². The fourth-order valence-electron chi connectivity index (χ4n) is 1.49. The number of aliphatic carboxylic acids is 1. The molecule has 1 unspecified atom stereocenters. The normalized spacial score (nSPS) is 16.8. The summed E-state index contributed by atoms with van der Waals surface area (Å²) in [5.74, 6) is -1.25. The summed E-state index contributed by atoms with van der Waals surface area (Å²) in [4.78, 5) is 22.4. The zero-order chi connectivity index (χ0) is 11.5. The van der Waals surface area contributed by atoms with Crippen LogP contribution in [0, 0.1) is 5.92 Å². The zero-order valence-corrected chi connectivity index (χ0v) is 8.54. The van der Waals surface area contributed by atoms with Gasteiger partial charge in [0, 0.05) is 6.20 Å². The van der Waals surface area contributed by atoms with Crippen LogP contribution in [0.1, 0.15) is 12.8 Å². The van der Waals surface area contributed by atoms with Gasteiger partial charge in [-0.2, -0.15) is 0 Å². The van der Waals surface area contributed by atoms with Crippen LogP contribution in [-0.4, -0.2) is 38.0 Å². The van der Waals surface area contributed by atoms with Crippen molar-refractivity contribution in [2.75, 3.05) is 0 Å². The Balaban J connectivity index is 1.88. The number of hydrogen-bond donors (Lipinski definition) is 2. The molecule has 0 aromatic carbocycles. The minimum Gasteiger partial charge on any atom is -0.480 e. The highest BCUT2D eigenvalue weighted by Crippen LogP contribution is 2.32. The van der Waals surface area contributed by atoms with Gasteiger partial charge in [0.1, 0.15) is 12.6 Å². The summed E-state index contributed by atoms with van der Waals surface area (Å²) in [6.07, 6.45) is 4.73. The van der Waals surface area contributed by atoms with Gasteiger partial charge in [-0.1, -0.05) is 5.21 Å². The molecular weight excluding hydrogens is 212 g/mol. The van der Waals surface area contributed by atoms with E-state index in [1.54, 1.807) is 6.20 Å². The Labute approximate surface area is 91.4 Å². The maximum Gasteiger partial charge on any atom is 0.326 e. The van der Waals surface area contributed by atoms with E-state index in [0.29, 0.717) is 0 Å². The lowest BCUT2D eigenvalue weighted by Crippen LogP contribution is -2.43. The van der Waals surface area contributed by atoms with Crippen molar-refractivity contribution < 1.29 is 14.7 Å². The van der Waals surface area contributed by atoms with Crippen LogP contribution >= 0.6 is 0 Å². The van der Waals surface area contributed by atoms with Gasteiger partial charge in [-0.15, -0.1) is 5.10 Å². The molecule has 7 heteroatoms. The molecule has 1 heterocycles. The van der Waals surface area contributed by atoms with Crippen molar-refractivity contribution >= 4 is 11.9 Å². The number of carbonyl (C=O) groups excluding carboxylic acids is 1. The summed E-state index contributed by atoms with van der Waals surface area (Å²) in [5.41, 5.74) is 0. The van der Waals surface area contributed by atoms with Crippen LogP contribution in [0.4, 0.5) is 0 Å². The highest BCUT2D eigenvalue weighted by atomic mass is 16.4. The molecule has 1 aromatic heterocycles. The molecule has 1 atom stereocenters.